The molecule has 0 bridgehead atoms. The first-order valence-corrected chi connectivity index (χ1v) is 14.8. The van der Waals surface area contributed by atoms with Crippen molar-refractivity contribution in [3.8, 4) is 23.0 Å². The van der Waals surface area contributed by atoms with Gasteiger partial charge in [-0.2, -0.15) is 0 Å². The van der Waals surface area contributed by atoms with Gasteiger partial charge in [0, 0.05) is 13.1 Å². The summed E-state index contributed by atoms with van der Waals surface area (Å²) in [5.41, 5.74) is 2.59. The van der Waals surface area contributed by atoms with E-state index in [1.54, 1.807) is 28.4 Å². The summed E-state index contributed by atoms with van der Waals surface area (Å²) in [6, 6.07) is 12.6. The van der Waals surface area contributed by atoms with Crippen LogP contribution >= 0.6 is 23.5 Å². The normalized spacial score (nSPS) is 16.0. The maximum Gasteiger partial charge on any atom is 0.160 e. The van der Waals surface area contributed by atoms with Crippen LogP contribution in [0.5, 0.6) is 23.0 Å². The Hall–Kier alpha value is -1.70. The van der Waals surface area contributed by atoms with Crippen molar-refractivity contribution < 1.29 is 18.9 Å². The number of thioether (sulfide) groups is 2. The minimum Gasteiger partial charge on any atom is -0.493 e. The van der Waals surface area contributed by atoms with Crippen molar-refractivity contribution in [2.45, 2.75) is 43.1 Å². The van der Waals surface area contributed by atoms with Crippen LogP contribution in [0.3, 0.4) is 0 Å². The molecule has 0 N–H and O–H groups in total. The third-order valence-corrected chi connectivity index (χ3v) is 10.3. The monoisotopic (exact) mass is 533 g/mol. The molecule has 1 aliphatic rings. The fourth-order valence-electron chi connectivity index (χ4n) is 4.93. The highest BCUT2D eigenvalue weighted by Crippen LogP contribution is 2.49. The molecule has 0 aliphatic carbocycles. The molecule has 1 heterocycles. The second kappa shape index (κ2) is 14.3. The van der Waals surface area contributed by atoms with Gasteiger partial charge in [0.1, 0.15) is 0 Å². The molecule has 36 heavy (non-hydrogen) atoms. The largest absolute Gasteiger partial charge is 0.493 e. The lowest BCUT2D eigenvalue weighted by molar-refractivity contribution is 0.276. The summed E-state index contributed by atoms with van der Waals surface area (Å²) >= 11 is 4.37. The summed E-state index contributed by atoms with van der Waals surface area (Å²) in [5, 5.41) is 0. The van der Waals surface area contributed by atoms with E-state index in [1.807, 2.05) is 12.1 Å². The van der Waals surface area contributed by atoms with Crippen molar-refractivity contribution in [3.63, 3.8) is 0 Å². The van der Waals surface area contributed by atoms with E-state index in [-0.39, 0.29) is 4.08 Å². The lowest BCUT2D eigenvalue weighted by Gasteiger charge is -2.39. The fraction of sp³-hybridized carbons (Fsp3) is 0.586. The number of benzene rings is 2. The second-order valence-corrected chi connectivity index (χ2v) is 12.9. The van der Waals surface area contributed by atoms with E-state index in [1.165, 1.54) is 41.9 Å². The van der Waals surface area contributed by atoms with Crippen LogP contribution < -0.4 is 18.9 Å². The molecule has 0 spiro atoms. The van der Waals surface area contributed by atoms with Crippen LogP contribution in [0.1, 0.15) is 37.3 Å². The Bertz CT molecular complexity index is 949. The van der Waals surface area contributed by atoms with Gasteiger partial charge in [-0.1, -0.05) is 19.1 Å². The third kappa shape index (κ3) is 8.15. The Morgan fingerprint density at radius 2 is 1.33 bits per heavy atom. The molecule has 5 nitrogen and oxygen atoms in total. The van der Waals surface area contributed by atoms with Crippen LogP contribution in [0, 0.1) is 5.92 Å². The van der Waals surface area contributed by atoms with Gasteiger partial charge < -0.3 is 23.8 Å². The molecule has 3 rings (SSSR count). The molecule has 1 unspecified atom stereocenters. The van der Waals surface area contributed by atoms with Gasteiger partial charge in [-0.15, -0.1) is 23.5 Å². The molecule has 0 radical (unpaired) electrons. The van der Waals surface area contributed by atoms with E-state index in [2.05, 4.69) is 66.7 Å². The smallest absolute Gasteiger partial charge is 0.160 e. The molecule has 1 atom stereocenters. The van der Waals surface area contributed by atoms with Gasteiger partial charge in [0.2, 0.25) is 0 Å². The van der Waals surface area contributed by atoms with Gasteiger partial charge in [0.15, 0.2) is 23.0 Å². The van der Waals surface area contributed by atoms with Gasteiger partial charge in [0.05, 0.1) is 32.5 Å². The van der Waals surface area contributed by atoms with Crippen molar-refractivity contribution in [2.24, 2.45) is 5.92 Å². The molecule has 1 fully saturated rings. The number of aryl methyl sites for hydroxylation is 1. The first-order valence-electron chi connectivity index (χ1n) is 12.8. The lowest BCUT2D eigenvalue weighted by atomic mass is 9.99. The third-order valence-electron chi connectivity index (χ3n) is 6.77. The van der Waals surface area contributed by atoms with Crippen molar-refractivity contribution in [1.82, 2.24) is 4.90 Å². The first kappa shape index (κ1) is 28.9. The molecule has 200 valence electrons. The van der Waals surface area contributed by atoms with Crippen molar-refractivity contribution in [1.29, 1.82) is 0 Å². The van der Waals surface area contributed by atoms with E-state index >= 15 is 0 Å². The zero-order valence-electron chi connectivity index (χ0n) is 22.8. The SMILES string of the molecule is COc1ccc(CCN(C)CC(C)CC2(CCc3ccc(OC)c(OC)c3)SCCCS2)cc1OC. The molecule has 1 aliphatic heterocycles. The van der Waals surface area contributed by atoms with Crippen LogP contribution in [-0.2, 0) is 12.8 Å². The van der Waals surface area contributed by atoms with E-state index in [0.717, 1.165) is 48.9 Å². The number of hydrogen-bond donors (Lipinski definition) is 0. The summed E-state index contributed by atoms with van der Waals surface area (Å²) in [6.07, 6.45) is 5.78. The number of ether oxygens (including phenoxy) is 4. The standard InChI is InChI=1S/C29H43NO4S2/c1-22(21-30(2)15-13-24-9-11-26(32-4)28(19-24)34-6)20-29(35-16-7-17-36-29)14-12-23-8-10-25(31-3)27(18-23)33-5/h8-11,18-19,22H,7,12-17,20-21H2,1-6H3. The van der Waals surface area contributed by atoms with Crippen LogP contribution in [-0.4, -0.2) is 69.1 Å². The summed E-state index contributed by atoms with van der Waals surface area (Å²) < 4.78 is 22.1. The van der Waals surface area contributed by atoms with E-state index in [9.17, 15) is 0 Å². The van der Waals surface area contributed by atoms with Gasteiger partial charge in [-0.3, -0.25) is 0 Å². The van der Waals surface area contributed by atoms with Crippen molar-refractivity contribution in [3.05, 3.63) is 47.5 Å². The zero-order valence-corrected chi connectivity index (χ0v) is 24.4. The number of methoxy groups -OCH3 is 4. The Morgan fingerprint density at radius 3 is 1.86 bits per heavy atom. The molecular formula is C29H43NO4S2. The van der Waals surface area contributed by atoms with E-state index in [0.29, 0.717) is 5.92 Å². The lowest BCUT2D eigenvalue weighted by Crippen LogP contribution is -2.33. The minimum absolute atomic E-state index is 0.287. The van der Waals surface area contributed by atoms with Gasteiger partial charge in [-0.05, 0) is 92.0 Å². The minimum atomic E-state index is 0.287. The predicted octanol–water partition coefficient (Wildman–Crippen LogP) is 6.42. The van der Waals surface area contributed by atoms with Gasteiger partial charge in [-0.25, -0.2) is 0 Å². The average Bonchev–Trinajstić information content (AvgIpc) is 2.90. The average molecular weight is 534 g/mol. The maximum atomic E-state index is 5.53. The quantitative estimate of drug-likeness (QED) is 0.277. The highest BCUT2D eigenvalue weighted by Gasteiger charge is 2.35. The molecule has 0 amide bonds. The maximum absolute atomic E-state index is 5.53. The molecule has 7 heteroatoms. The summed E-state index contributed by atoms with van der Waals surface area (Å²) in [7, 11) is 9.01. The predicted molar refractivity (Wildman–Crippen MR) is 155 cm³/mol. The van der Waals surface area contributed by atoms with Crippen LogP contribution in [0.2, 0.25) is 0 Å². The Labute approximate surface area is 226 Å². The summed E-state index contributed by atoms with van der Waals surface area (Å²) in [6.45, 7) is 4.55. The number of likely N-dealkylation sites (N-methyl/N-ethyl adjacent to an activating group) is 1. The number of rotatable bonds is 14. The first-order chi connectivity index (χ1) is 17.4. The zero-order chi connectivity index (χ0) is 26.0. The van der Waals surface area contributed by atoms with Crippen molar-refractivity contribution in [2.75, 3.05) is 60.1 Å². The fourth-order valence-corrected chi connectivity index (χ4v) is 8.56. The molecule has 2 aromatic carbocycles. The highest BCUT2D eigenvalue weighted by molar-refractivity contribution is 8.18. The van der Waals surface area contributed by atoms with Crippen molar-refractivity contribution >= 4 is 23.5 Å². The number of hydrogen-bond acceptors (Lipinski definition) is 7. The Kier molecular flexibility index (Phi) is 11.5. The van der Waals surface area contributed by atoms with Crippen LogP contribution in [0.25, 0.3) is 0 Å². The molecule has 0 saturated carbocycles. The highest BCUT2D eigenvalue weighted by atomic mass is 32.2. The summed E-state index contributed by atoms with van der Waals surface area (Å²) in [5.74, 6) is 6.35. The number of nitrogens with zero attached hydrogens (tertiary/aromatic N) is 1. The topological polar surface area (TPSA) is 40.2 Å². The van der Waals surface area contributed by atoms with Gasteiger partial charge in [0.25, 0.3) is 0 Å². The summed E-state index contributed by atoms with van der Waals surface area (Å²) in [4.78, 5) is 2.47. The van der Waals surface area contributed by atoms with E-state index < -0.39 is 0 Å². The molecule has 0 aromatic heterocycles. The molecule has 2 aromatic rings. The second-order valence-electron chi connectivity index (χ2n) is 9.66. The Morgan fingerprint density at radius 1 is 0.806 bits per heavy atom. The Balaban J connectivity index is 1.55. The molecular weight excluding hydrogens is 490 g/mol. The van der Waals surface area contributed by atoms with E-state index in [4.69, 9.17) is 18.9 Å². The van der Waals surface area contributed by atoms with Gasteiger partial charge >= 0.3 is 0 Å². The van der Waals surface area contributed by atoms with Crippen LogP contribution in [0.15, 0.2) is 36.4 Å². The molecule has 1 saturated heterocycles. The van der Waals surface area contributed by atoms with Crippen LogP contribution in [0.4, 0.5) is 0 Å².